The zero-order chi connectivity index (χ0) is 16.9. The van der Waals surface area contributed by atoms with Crippen molar-refractivity contribution in [1.29, 1.82) is 0 Å². The van der Waals surface area contributed by atoms with Gasteiger partial charge in [-0.3, -0.25) is 5.32 Å². The molecule has 0 aliphatic heterocycles. The number of rotatable bonds is 4. The number of amides is 1. The van der Waals surface area contributed by atoms with Gasteiger partial charge >= 0.3 is 12.1 Å². The Morgan fingerprint density at radius 1 is 1.08 bits per heavy atom. The molecule has 0 atom stereocenters. The number of carbonyl (C=O) groups excluding carboxylic acids is 1. The number of nitrogens with one attached hydrogen (secondary N) is 1. The maximum absolute atomic E-state index is 12.0. The molecular weight excluding hydrogens is 308 g/mol. The number of carboxylic acids is 1. The third-order valence-corrected chi connectivity index (χ3v) is 3.43. The Morgan fingerprint density at radius 2 is 1.88 bits per heavy atom. The molecule has 0 aliphatic rings. The summed E-state index contributed by atoms with van der Waals surface area (Å²) in [5.74, 6) is -1.10. The highest BCUT2D eigenvalue weighted by Crippen LogP contribution is 2.23. The van der Waals surface area contributed by atoms with E-state index in [2.05, 4.69) is 10.3 Å². The predicted octanol–water partition coefficient (Wildman–Crippen LogP) is 3.68. The number of hydrogen-bond acceptors (Lipinski definition) is 4. The fraction of sp³-hybridized carbons (Fsp3) is 0.0556. The summed E-state index contributed by atoms with van der Waals surface area (Å²) in [4.78, 5) is 26.8. The molecule has 0 saturated carbocycles. The number of aromatic carboxylic acids is 1. The minimum absolute atomic E-state index is 0.0497. The van der Waals surface area contributed by atoms with Crippen molar-refractivity contribution in [2.24, 2.45) is 0 Å². The van der Waals surface area contributed by atoms with Crippen LogP contribution in [0.2, 0.25) is 0 Å². The lowest BCUT2D eigenvalue weighted by Gasteiger charge is -2.09. The topological polar surface area (TPSA) is 88.5 Å². The molecule has 0 saturated heterocycles. The van der Waals surface area contributed by atoms with Crippen LogP contribution in [0.5, 0.6) is 0 Å². The Hall–Kier alpha value is -3.41. The highest BCUT2D eigenvalue weighted by Gasteiger charge is 2.10. The molecule has 0 bridgehead atoms. The molecule has 2 aromatic carbocycles. The monoisotopic (exact) mass is 322 g/mol. The quantitative estimate of drug-likeness (QED) is 0.765. The van der Waals surface area contributed by atoms with Gasteiger partial charge in [0.2, 0.25) is 0 Å². The van der Waals surface area contributed by atoms with Crippen molar-refractivity contribution in [3.63, 3.8) is 0 Å². The third kappa shape index (κ3) is 3.49. The Labute approximate surface area is 137 Å². The van der Waals surface area contributed by atoms with Crippen LogP contribution in [0.4, 0.5) is 10.5 Å². The third-order valence-electron chi connectivity index (χ3n) is 3.43. The fourth-order valence-electron chi connectivity index (χ4n) is 2.27. The van der Waals surface area contributed by atoms with Gasteiger partial charge < -0.3 is 9.84 Å². The lowest BCUT2D eigenvalue weighted by molar-refractivity contribution is 0.0690. The summed E-state index contributed by atoms with van der Waals surface area (Å²) in [5.41, 5.74) is 1.35. The van der Waals surface area contributed by atoms with E-state index in [4.69, 9.17) is 9.84 Å². The summed E-state index contributed by atoms with van der Waals surface area (Å²) in [6.07, 6.45) is 0.833. The molecule has 0 fully saturated rings. The number of carbonyl (C=O) groups is 2. The van der Waals surface area contributed by atoms with Crippen LogP contribution in [0, 0.1) is 0 Å². The van der Waals surface area contributed by atoms with Gasteiger partial charge in [-0.1, -0.05) is 42.5 Å². The SMILES string of the molecule is O=C(Nc1cccc2cc(C(=O)O)ncc12)OCc1ccccc1. The number of ether oxygens (including phenoxy) is 1. The minimum atomic E-state index is -1.10. The zero-order valence-corrected chi connectivity index (χ0v) is 12.6. The van der Waals surface area contributed by atoms with E-state index in [9.17, 15) is 9.59 Å². The van der Waals surface area contributed by atoms with Gasteiger partial charge in [0.25, 0.3) is 0 Å². The average molecular weight is 322 g/mol. The summed E-state index contributed by atoms with van der Waals surface area (Å²) in [6, 6.07) is 16.0. The molecule has 6 heteroatoms. The molecule has 3 aromatic rings. The first-order valence-corrected chi connectivity index (χ1v) is 7.23. The van der Waals surface area contributed by atoms with Gasteiger partial charge in [-0.05, 0) is 23.1 Å². The maximum Gasteiger partial charge on any atom is 0.411 e. The summed E-state index contributed by atoms with van der Waals surface area (Å²) < 4.78 is 5.18. The Bertz CT molecular complexity index is 894. The van der Waals surface area contributed by atoms with E-state index < -0.39 is 12.1 Å². The van der Waals surface area contributed by atoms with Crippen molar-refractivity contribution in [1.82, 2.24) is 4.98 Å². The molecule has 0 unspecified atom stereocenters. The van der Waals surface area contributed by atoms with Crippen LogP contribution in [0.25, 0.3) is 10.8 Å². The summed E-state index contributed by atoms with van der Waals surface area (Å²) in [5, 5.41) is 12.9. The van der Waals surface area contributed by atoms with Crippen LogP contribution in [0.3, 0.4) is 0 Å². The second-order valence-electron chi connectivity index (χ2n) is 5.09. The molecule has 0 radical (unpaired) electrons. The highest BCUT2D eigenvalue weighted by atomic mass is 16.5. The van der Waals surface area contributed by atoms with E-state index in [1.807, 2.05) is 30.3 Å². The number of nitrogens with zero attached hydrogens (tertiary/aromatic N) is 1. The summed E-state index contributed by atoms with van der Waals surface area (Å²) in [7, 11) is 0. The van der Waals surface area contributed by atoms with Gasteiger partial charge in [0.05, 0.1) is 5.69 Å². The van der Waals surface area contributed by atoms with Crippen LogP contribution in [0.15, 0.2) is 60.8 Å². The molecule has 1 amide bonds. The van der Waals surface area contributed by atoms with Crippen molar-refractivity contribution in [2.45, 2.75) is 6.61 Å². The number of aromatic nitrogens is 1. The van der Waals surface area contributed by atoms with E-state index in [-0.39, 0.29) is 12.3 Å². The van der Waals surface area contributed by atoms with Crippen LogP contribution in [-0.2, 0) is 11.3 Å². The van der Waals surface area contributed by atoms with E-state index in [1.165, 1.54) is 12.3 Å². The molecule has 1 aromatic heterocycles. The molecule has 24 heavy (non-hydrogen) atoms. The first kappa shape index (κ1) is 15.5. The predicted molar refractivity (Wildman–Crippen MR) is 89.0 cm³/mol. The highest BCUT2D eigenvalue weighted by molar-refractivity contribution is 6.01. The van der Waals surface area contributed by atoms with Crippen LogP contribution in [-0.4, -0.2) is 22.2 Å². The van der Waals surface area contributed by atoms with Gasteiger partial charge in [-0.25, -0.2) is 14.6 Å². The first-order chi connectivity index (χ1) is 11.6. The molecule has 120 valence electrons. The van der Waals surface area contributed by atoms with Crippen LogP contribution < -0.4 is 5.32 Å². The molecule has 0 aliphatic carbocycles. The van der Waals surface area contributed by atoms with Gasteiger partial charge in [-0.15, -0.1) is 0 Å². The number of carboxylic acid groups (broad SMARTS) is 1. The van der Waals surface area contributed by atoms with Gasteiger partial charge in [0.1, 0.15) is 12.3 Å². The molecule has 2 N–H and O–H groups in total. The maximum atomic E-state index is 12.0. The molecular formula is C18H14N2O4. The largest absolute Gasteiger partial charge is 0.477 e. The Kier molecular flexibility index (Phi) is 4.38. The second-order valence-corrected chi connectivity index (χ2v) is 5.09. The van der Waals surface area contributed by atoms with Crippen molar-refractivity contribution in [3.05, 3.63) is 72.1 Å². The second kappa shape index (κ2) is 6.78. The minimum Gasteiger partial charge on any atom is -0.477 e. The van der Waals surface area contributed by atoms with Crippen molar-refractivity contribution >= 4 is 28.5 Å². The smallest absolute Gasteiger partial charge is 0.411 e. The van der Waals surface area contributed by atoms with Crippen molar-refractivity contribution in [2.75, 3.05) is 5.32 Å². The zero-order valence-electron chi connectivity index (χ0n) is 12.6. The number of fused-ring (bicyclic) bond motifs is 1. The van der Waals surface area contributed by atoms with E-state index in [1.54, 1.807) is 18.2 Å². The number of hydrogen-bond donors (Lipinski definition) is 2. The summed E-state index contributed by atoms with van der Waals surface area (Å²) in [6.45, 7) is 0.166. The first-order valence-electron chi connectivity index (χ1n) is 7.23. The van der Waals surface area contributed by atoms with Gasteiger partial charge in [-0.2, -0.15) is 0 Å². The van der Waals surface area contributed by atoms with Crippen molar-refractivity contribution in [3.8, 4) is 0 Å². The fourth-order valence-corrected chi connectivity index (χ4v) is 2.27. The number of pyridine rings is 1. The average Bonchev–Trinajstić information content (AvgIpc) is 2.60. The number of benzene rings is 2. The Balaban J connectivity index is 1.74. The van der Waals surface area contributed by atoms with E-state index >= 15 is 0 Å². The number of anilines is 1. The summed E-state index contributed by atoms with van der Waals surface area (Å²) >= 11 is 0. The molecule has 3 rings (SSSR count). The van der Waals surface area contributed by atoms with Crippen molar-refractivity contribution < 1.29 is 19.4 Å². The molecule has 0 spiro atoms. The van der Waals surface area contributed by atoms with Gasteiger partial charge in [0.15, 0.2) is 0 Å². The van der Waals surface area contributed by atoms with Gasteiger partial charge in [0, 0.05) is 11.6 Å². The lowest BCUT2D eigenvalue weighted by Crippen LogP contribution is -2.13. The Morgan fingerprint density at radius 3 is 2.62 bits per heavy atom. The van der Waals surface area contributed by atoms with E-state index in [0.717, 1.165) is 5.56 Å². The van der Waals surface area contributed by atoms with Crippen LogP contribution in [0.1, 0.15) is 16.1 Å². The standard InChI is InChI=1S/C18H14N2O4/c21-17(22)16-9-13-7-4-8-15(14(13)10-19-16)20-18(23)24-11-12-5-2-1-3-6-12/h1-10H,11H2,(H,20,23)(H,21,22). The molecule has 6 nitrogen and oxygen atoms in total. The normalized spacial score (nSPS) is 10.3. The lowest BCUT2D eigenvalue weighted by atomic mass is 10.1. The van der Waals surface area contributed by atoms with Crippen LogP contribution >= 0.6 is 0 Å². The molecule has 1 heterocycles. The van der Waals surface area contributed by atoms with E-state index in [0.29, 0.717) is 16.5 Å².